The first-order chi connectivity index (χ1) is 11.3. The van der Waals surface area contributed by atoms with Crippen LogP contribution < -0.4 is 0 Å². The summed E-state index contributed by atoms with van der Waals surface area (Å²) in [6.07, 6.45) is 17.9. The van der Waals surface area contributed by atoms with E-state index in [1.165, 1.54) is 70.6 Å². The van der Waals surface area contributed by atoms with E-state index >= 15 is 0 Å². The minimum atomic E-state index is -0.0946. The molecule has 0 aliphatic rings. The Balaban J connectivity index is 3.27. The Kier molecular flexibility index (Phi) is 18.3. The average molecular weight is 323 g/mol. The summed E-state index contributed by atoms with van der Waals surface area (Å²) < 4.78 is 5.12. The molecule has 0 atom stereocenters. The lowest BCUT2D eigenvalue weighted by molar-refractivity contribution is -0.142. The fourth-order valence-electron chi connectivity index (χ4n) is 2.55. The van der Waals surface area contributed by atoms with E-state index in [9.17, 15) is 4.79 Å². The zero-order valence-electron chi connectivity index (χ0n) is 15.6. The van der Waals surface area contributed by atoms with Crippen LogP contribution in [-0.4, -0.2) is 12.6 Å². The summed E-state index contributed by atoms with van der Waals surface area (Å²) in [5, 5.41) is 0. The molecule has 134 valence electrons. The molecular formula is C21H38O2. The Labute approximate surface area is 144 Å². The second kappa shape index (κ2) is 19.1. The van der Waals surface area contributed by atoms with Crippen LogP contribution in [0.15, 0.2) is 0 Å². The summed E-state index contributed by atoms with van der Waals surface area (Å²) in [4.78, 5) is 11.5. The molecule has 0 bridgehead atoms. The van der Waals surface area contributed by atoms with E-state index in [0.717, 1.165) is 19.3 Å². The Morgan fingerprint density at radius 3 is 1.83 bits per heavy atom. The summed E-state index contributed by atoms with van der Waals surface area (Å²) in [5.41, 5.74) is 0. The first kappa shape index (κ1) is 22.0. The van der Waals surface area contributed by atoms with Crippen LogP contribution in [0.1, 0.15) is 110 Å². The summed E-state index contributed by atoms with van der Waals surface area (Å²) in [6, 6.07) is 0. The van der Waals surface area contributed by atoms with E-state index in [4.69, 9.17) is 4.74 Å². The monoisotopic (exact) mass is 322 g/mol. The molecule has 0 amide bonds. The Morgan fingerprint density at radius 2 is 1.22 bits per heavy atom. The van der Waals surface area contributed by atoms with Crippen LogP contribution in [0.2, 0.25) is 0 Å². The molecule has 0 aliphatic carbocycles. The van der Waals surface area contributed by atoms with Crippen molar-refractivity contribution in [2.24, 2.45) is 0 Å². The Hall–Kier alpha value is -0.970. The van der Waals surface area contributed by atoms with Crippen molar-refractivity contribution in [3.63, 3.8) is 0 Å². The molecule has 23 heavy (non-hydrogen) atoms. The molecule has 0 aliphatic heterocycles. The SMILES string of the molecule is CCCCCCCCCCC#CCOC(=O)CCCCCCC. The van der Waals surface area contributed by atoms with Crippen molar-refractivity contribution in [1.29, 1.82) is 0 Å². The van der Waals surface area contributed by atoms with Gasteiger partial charge in [-0.3, -0.25) is 4.79 Å². The molecule has 0 radical (unpaired) electrons. The number of rotatable bonds is 15. The number of hydrogen-bond acceptors (Lipinski definition) is 2. The average Bonchev–Trinajstić information content (AvgIpc) is 2.55. The summed E-state index contributed by atoms with van der Waals surface area (Å²) >= 11 is 0. The molecule has 0 aromatic heterocycles. The van der Waals surface area contributed by atoms with Crippen LogP contribution in [-0.2, 0) is 9.53 Å². The number of esters is 1. The predicted molar refractivity (Wildman–Crippen MR) is 99.3 cm³/mol. The molecular weight excluding hydrogens is 284 g/mol. The molecule has 0 heterocycles. The van der Waals surface area contributed by atoms with Gasteiger partial charge < -0.3 is 4.74 Å². The number of carbonyl (C=O) groups is 1. The highest BCUT2D eigenvalue weighted by molar-refractivity contribution is 5.69. The van der Waals surface area contributed by atoms with Gasteiger partial charge in [0, 0.05) is 12.8 Å². The maximum Gasteiger partial charge on any atom is 0.306 e. The van der Waals surface area contributed by atoms with E-state index in [1.807, 2.05) is 0 Å². The second-order valence-electron chi connectivity index (χ2n) is 6.40. The lowest BCUT2D eigenvalue weighted by atomic mass is 10.1. The van der Waals surface area contributed by atoms with E-state index in [2.05, 4.69) is 25.7 Å². The molecule has 2 heteroatoms. The Bertz CT molecular complexity index is 312. The molecule has 0 saturated heterocycles. The zero-order valence-corrected chi connectivity index (χ0v) is 15.6. The van der Waals surface area contributed by atoms with Crippen molar-refractivity contribution in [3.05, 3.63) is 0 Å². The van der Waals surface area contributed by atoms with Gasteiger partial charge in [0.2, 0.25) is 0 Å². The maximum atomic E-state index is 11.5. The fourth-order valence-corrected chi connectivity index (χ4v) is 2.55. The molecule has 0 aromatic carbocycles. The molecule has 0 rings (SSSR count). The van der Waals surface area contributed by atoms with Gasteiger partial charge in [-0.15, -0.1) is 0 Å². The lowest BCUT2D eigenvalue weighted by Crippen LogP contribution is -2.04. The van der Waals surface area contributed by atoms with Crippen LogP contribution in [0.5, 0.6) is 0 Å². The smallest absolute Gasteiger partial charge is 0.306 e. The summed E-state index contributed by atoms with van der Waals surface area (Å²) in [7, 11) is 0. The highest BCUT2D eigenvalue weighted by Gasteiger charge is 2.00. The largest absolute Gasteiger partial charge is 0.452 e. The van der Waals surface area contributed by atoms with E-state index in [1.54, 1.807) is 0 Å². The normalized spacial score (nSPS) is 10.2. The molecule has 0 saturated carbocycles. The van der Waals surface area contributed by atoms with Crippen molar-refractivity contribution < 1.29 is 9.53 Å². The van der Waals surface area contributed by atoms with Crippen molar-refractivity contribution in [2.45, 2.75) is 110 Å². The highest BCUT2D eigenvalue weighted by Crippen LogP contribution is 2.09. The van der Waals surface area contributed by atoms with Crippen LogP contribution >= 0.6 is 0 Å². The van der Waals surface area contributed by atoms with Crippen LogP contribution in [0, 0.1) is 11.8 Å². The molecule has 0 spiro atoms. The first-order valence-corrected chi connectivity index (χ1v) is 9.92. The van der Waals surface area contributed by atoms with Gasteiger partial charge in [0.1, 0.15) is 0 Å². The van der Waals surface area contributed by atoms with Crippen molar-refractivity contribution in [3.8, 4) is 11.8 Å². The van der Waals surface area contributed by atoms with Gasteiger partial charge in [0.15, 0.2) is 6.61 Å². The Morgan fingerprint density at radius 1 is 0.696 bits per heavy atom. The van der Waals surface area contributed by atoms with Crippen molar-refractivity contribution >= 4 is 5.97 Å². The van der Waals surface area contributed by atoms with Gasteiger partial charge >= 0.3 is 5.97 Å². The predicted octanol–water partition coefficient (Wildman–Crippen LogP) is 6.42. The van der Waals surface area contributed by atoms with Gasteiger partial charge in [0.25, 0.3) is 0 Å². The fraction of sp³-hybridized carbons (Fsp3) is 0.857. The first-order valence-electron chi connectivity index (χ1n) is 9.92. The number of ether oxygens (including phenoxy) is 1. The minimum absolute atomic E-state index is 0.0946. The standard InChI is InChI=1S/C21H38O2/c1-3-5-7-9-10-11-12-13-14-16-18-20-23-21(22)19-17-15-8-6-4-2/h3-15,17,19-20H2,1-2H3. The number of unbranched alkanes of at least 4 members (excludes halogenated alkanes) is 12. The molecule has 2 nitrogen and oxygen atoms in total. The van der Waals surface area contributed by atoms with Crippen LogP contribution in [0.3, 0.4) is 0 Å². The molecule has 0 aromatic rings. The third kappa shape index (κ3) is 19.0. The molecule has 0 N–H and O–H groups in total. The maximum absolute atomic E-state index is 11.5. The summed E-state index contributed by atoms with van der Waals surface area (Å²) in [6.45, 7) is 4.72. The lowest BCUT2D eigenvalue weighted by Gasteiger charge is -2.01. The molecule has 0 fully saturated rings. The van der Waals surface area contributed by atoms with E-state index < -0.39 is 0 Å². The van der Waals surface area contributed by atoms with Crippen molar-refractivity contribution in [1.82, 2.24) is 0 Å². The van der Waals surface area contributed by atoms with E-state index in [0.29, 0.717) is 6.42 Å². The van der Waals surface area contributed by atoms with E-state index in [-0.39, 0.29) is 12.6 Å². The number of hydrogen-bond donors (Lipinski definition) is 0. The molecule has 0 unspecified atom stereocenters. The summed E-state index contributed by atoms with van der Waals surface area (Å²) in [5.74, 6) is 5.97. The third-order valence-corrected chi connectivity index (χ3v) is 4.07. The third-order valence-electron chi connectivity index (χ3n) is 4.07. The van der Waals surface area contributed by atoms with Crippen LogP contribution in [0.4, 0.5) is 0 Å². The van der Waals surface area contributed by atoms with Gasteiger partial charge in [-0.2, -0.15) is 0 Å². The number of carbonyl (C=O) groups excluding carboxylic acids is 1. The van der Waals surface area contributed by atoms with Gasteiger partial charge in [-0.25, -0.2) is 0 Å². The quantitative estimate of drug-likeness (QED) is 0.197. The zero-order chi connectivity index (χ0) is 17.0. The van der Waals surface area contributed by atoms with Gasteiger partial charge in [0.05, 0.1) is 0 Å². The van der Waals surface area contributed by atoms with Gasteiger partial charge in [-0.05, 0) is 12.8 Å². The topological polar surface area (TPSA) is 26.3 Å². The van der Waals surface area contributed by atoms with Crippen LogP contribution in [0.25, 0.3) is 0 Å². The minimum Gasteiger partial charge on any atom is -0.452 e. The van der Waals surface area contributed by atoms with Crippen molar-refractivity contribution in [2.75, 3.05) is 6.61 Å². The second-order valence-corrected chi connectivity index (χ2v) is 6.40. The highest BCUT2D eigenvalue weighted by atomic mass is 16.5. The van der Waals surface area contributed by atoms with Gasteiger partial charge in [-0.1, -0.05) is 96.3 Å².